The van der Waals surface area contributed by atoms with Crippen LogP contribution in [-0.2, 0) is 11.3 Å². The maximum Gasteiger partial charge on any atom is 0.242 e. The number of likely N-dealkylation sites (N-methyl/N-ethyl adjacent to an activating group) is 1. The van der Waals surface area contributed by atoms with Gasteiger partial charge in [0.25, 0.3) is 0 Å². The number of carbonyl (C=O) groups excluding carboxylic acids is 1. The number of rotatable bonds is 6. The number of hydrogen-bond acceptors (Lipinski definition) is 4. The van der Waals surface area contributed by atoms with Gasteiger partial charge >= 0.3 is 0 Å². The van der Waals surface area contributed by atoms with Crippen molar-refractivity contribution in [2.24, 2.45) is 0 Å². The molecule has 0 aliphatic heterocycles. The van der Waals surface area contributed by atoms with Crippen molar-refractivity contribution in [2.75, 3.05) is 25.2 Å². The third-order valence-corrected chi connectivity index (χ3v) is 3.77. The Kier molecular flexibility index (Phi) is 5.27. The lowest BCUT2D eigenvalue weighted by Gasteiger charge is -2.16. The Morgan fingerprint density at radius 1 is 1.43 bits per heavy atom. The first-order chi connectivity index (χ1) is 10.1. The summed E-state index contributed by atoms with van der Waals surface area (Å²) < 4.78 is 18.8. The summed E-state index contributed by atoms with van der Waals surface area (Å²) in [7, 11) is 1.70. The van der Waals surface area contributed by atoms with Gasteiger partial charge in [0, 0.05) is 17.6 Å². The van der Waals surface area contributed by atoms with E-state index >= 15 is 0 Å². The zero-order valence-electron chi connectivity index (χ0n) is 11.9. The minimum atomic E-state index is -0.288. The van der Waals surface area contributed by atoms with Crippen LogP contribution in [0.25, 0.3) is 0 Å². The molecule has 0 aliphatic rings. The predicted octanol–water partition coefficient (Wildman–Crippen LogP) is 3.21. The monoisotopic (exact) mass is 308 g/mol. The van der Waals surface area contributed by atoms with Crippen LogP contribution in [0.4, 0.5) is 10.1 Å². The molecule has 1 aromatic carbocycles. The van der Waals surface area contributed by atoms with Gasteiger partial charge in [0.05, 0.1) is 19.4 Å². The number of hydrogen-bond donors (Lipinski definition) is 1. The van der Waals surface area contributed by atoms with Crippen LogP contribution in [0.2, 0.25) is 0 Å². The first kappa shape index (κ1) is 15.4. The van der Waals surface area contributed by atoms with Crippen molar-refractivity contribution >= 4 is 23.4 Å². The number of nitrogens with zero attached hydrogens (tertiary/aromatic N) is 1. The van der Waals surface area contributed by atoms with E-state index in [9.17, 15) is 9.18 Å². The maximum absolute atomic E-state index is 13.6. The zero-order valence-corrected chi connectivity index (χ0v) is 12.7. The molecule has 112 valence electrons. The van der Waals surface area contributed by atoms with Crippen LogP contribution in [0.15, 0.2) is 45.9 Å². The van der Waals surface area contributed by atoms with Crippen molar-refractivity contribution in [3.8, 4) is 0 Å². The fourth-order valence-corrected chi connectivity index (χ4v) is 2.27. The van der Waals surface area contributed by atoms with Gasteiger partial charge in [0.1, 0.15) is 11.6 Å². The van der Waals surface area contributed by atoms with Gasteiger partial charge in [-0.3, -0.25) is 4.79 Å². The second kappa shape index (κ2) is 7.17. The molecule has 1 heterocycles. The minimum absolute atomic E-state index is 0.0965. The van der Waals surface area contributed by atoms with Crippen molar-refractivity contribution < 1.29 is 13.6 Å². The standard InChI is InChI=1S/C15H17FN2O2S/c1-18(10-12-4-3-7-20-12)15(19)9-17-11-5-6-14(21-2)13(16)8-11/h3-8,17H,9-10H2,1-2H3. The number of furan rings is 1. The van der Waals surface area contributed by atoms with Gasteiger partial charge in [-0.25, -0.2) is 4.39 Å². The van der Waals surface area contributed by atoms with Gasteiger partial charge in [0.2, 0.25) is 5.91 Å². The second-order valence-electron chi connectivity index (χ2n) is 4.53. The molecule has 0 bridgehead atoms. The highest BCUT2D eigenvalue weighted by molar-refractivity contribution is 7.98. The Balaban J connectivity index is 1.87. The topological polar surface area (TPSA) is 45.5 Å². The Morgan fingerprint density at radius 3 is 2.86 bits per heavy atom. The van der Waals surface area contributed by atoms with E-state index in [1.807, 2.05) is 12.3 Å². The van der Waals surface area contributed by atoms with E-state index in [2.05, 4.69) is 5.32 Å². The highest BCUT2D eigenvalue weighted by atomic mass is 32.2. The predicted molar refractivity (Wildman–Crippen MR) is 81.9 cm³/mol. The van der Waals surface area contributed by atoms with Crippen LogP contribution >= 0.6 is 11.8 Å². The fourth-order valence-electron chi connectivity index (χ4n) is 1.81. The molecule has 0 atom stereocenters. The number of amides is 1. The number of nitrogens with one attached hydrogen (secondary N) is 1. The Morgan fingerprint density at radius 2 is 2.24 bits per heavy atom. The molecule has 4 nitrogen and oxygen atoms in total. The molecule has 0 fully saturated rings. The van der Waals surface area contributed by atoms with Crippen molar-refractivity contribution in [2.45, 2.75) is 11.4 Å². The summed E-state index contributed by atoms with van der Waals surface area (Å²) >= 11 is 1.35. The van der Waals surface area contributed by atoms with E-state index in [1.165, 1.54) is 17.8 Å². The van der Waals surface area contributed by atoms with Crippen molar-refractivity contribution in [3.05, 3.63) is 48.2 Å². The molecule has 6 heteroatoms. The summed E-state index contributed by atoms with van der Waals surface area (Å²) in [5.41, 5.74) is 0.588. The summed E-state index contributed by atoms with van der Waals surface area (Å²) in [6, 6.07) is 8.44. The minimum Gasteiger partial charge on any atom is -0.467 e. The smallest absolute Gasteiger partial charge is 0.242 e. The van der Waals surface area contributed by atoms with Gasteiger partial charge in [-0.1, -0.05) is 0 Å². The molecule has 0 radical (unpaired) electrons. The number of halogens is 1. The normalized spacial score (nSPS) is 10.4. The largest absolute Gasteiger partial charge is 0.467 e. The molecule has 2 aromatic rings. The van der Waals surface area contributed by atoms with E-state index in [1.54, 1.807) is 36.4 Å². The van der Waals surface area contributed by atoms with E-state index in [0.29, 0.717) is 17.1 Å². The van der Waals surface area contributed by atoms with Gasteiger partial charge in [-0.15, -0.1) is 11.8 Å². The number of carbonyl (C=O) groups is 1. The average molecular weight is 308 g/mol. The summed E-state index contributed by atoms with van der Waals surface area (Å²) in [6.45, 7) is 0.516. The molecular formula is C15H17FN2O2S. The molecule has 0 saturated heterocycles. The van der Waals surface area contributed by atoms with Crippen molar-refractivity contribution in [3.63, 3.8) is 0 Å². The maximum atomic E-state index is 13.6. The summed E-state index contributed by atoms with van der Waals surface area (Å²) in [5, 5.41) is 2.93. The molecule has 0 spiro atoms. The lowest BCUT2D eigenvalue weighted by Crippen LogP contribution is -2.31. The number of thioether (sulfide) groups is 1. The molecule has 1 aromatic heterocycles. The molecule has 0 saturated carbocycles. The molecule has 1 N–H and O–H groups in total. The van der Waals surface area contributed by atoms with E-state index in [4.69, 9.17) is 4.42 Å². The number of benzene rings is 1. The van der Waals surface area contributed by atoms with Crippen LogP contribution in [0, 0.1) is 5.82 Å². The summed E-state index contributed by atoms with van der Waals surface area (Å²) in [6.07, 6.45) is 3.39. The van der Waals surface area contributed by atoms with E-state index in [-0.39, 0.29) is 18.3 Å². The molecule has 2 rings (SSSR count). The molecule has 1 amide bonds. The second-order valence-corrected chi connectivity index (χ2v) is 5.38. The number of anilines is 1. The third kappa shape index (κ3) is 4.26. The highest BCUT2D eigenvalue weighted by Gasteiger charge is 2.11. The molecule has 0 unspecified atom stereocenters. The highest BCUT2D eigenvalue weighted by Crippen LogP contribution is 2.22. The van der Waals surface area contributed by atoms with E-state index in [0.717, 1.165) is 5.76 Å². The van der Waals surface area contributed by atoms with Crippen LogP contribution < -0.4 is 5.32 Å². The van der Waals surface area contributed by atoms with Crippen molar-refractivity contribution in [1.82, 2.24) is 4.90 Å². The van der Waals surface area contributed by atoms with Gasteiger partial charge < -0.3 is 14.6 Å². The third-order valence-electron chi connectivity index (χ3n) is 2.99. The first-order valence-electron chi connectivity index (χ1n) is 6.44. The van der Waals surface area contributed by atoms with Crippen LogP contribution in [0.5, 0.6) is 0 Å². The van der Waals surface area contributed by atoms with Gasteiger partial charge in [0.15, 0.2) is 0 Å². The molecule has 21 heavy (non-hydrogen) atoms. The zero-order chi connectivity index (χ0) is 15.2. The van der Waals surface area contributed by atoms with Crippen LogP contribution in [-0.4, -0.2) is 30.7 Å². The van der Waals surface area contributed by atoms with Crippen molar-refractivity contribution in [1.29, 1.82) is 0 Å². The lowest BCUT2D eigenvalue weighted by atomic mass is 10.3. The summed E-state index contributed by atoms with van der Waals surface area (Å²) in [4.78, 5) is 14.1. The van der Waals surface area contributed by atoms with Gasteiger partial charge in [-0.2, -0.15) is 0 Å². The Labute approximate surface area is 127 Å². The molecule has 0 aliphatic carbocycles. The van der Waals surface area contributed by atoms with Gasteiger partial charge in [-0.05, 0) is 36.6 Å². The lowest BCUT2D eigenvalue weighted by molar-refractivity contribution is -0.128. The first-order valence-corrected chi connectivity index (χ1v) is 7.66. The van der Waals surface area contributed by atoms with Crippen LogP contribution in [0.3, 0.4) is 0 Å². The Bertz CT molecular complexity index is 602. The molecular weight excluding hydrogens is 291 g/mol. The fraction of sp³-hybridized carbons (Fsp3) is 0.267. The van der Waals surface area contributed by atoms with Crippen LogP contribution in [0.1, 0.15) is 5.76 Å². The van der Waals surface area contributed by atoms with E-state index < -0.39 is 0 Å². The Hall–Kier alpha value is -1.95. The quantitative estimate of drug-likeness (QED) is 0.832. The SMILES string of the molecule is CSc1ccc(NCC(=O)N(C)Cc2ccco2)cc1F. The summed E-state index contributed by atoms with van der Waals surface area (Å²) in [5.74, 6) is 0.339. The average Bonchev–Trinajstić information content (AvgIpc) is 2.97.